The Labute approximate surface area is 141 Å². The van der Waals surface area contributed by atoms with Crippen molar-refractivity contribution >= 4 is 45.0 Å². The molecule has 0 bridgehead atoms. The molecule has 0 saturated carbocycles. The molecule has 0 atom stereocenters. The molecule has 1 aliphatic rings. The van der Waals surface area contributed by atoms with Gasteiger partial charge in [0.15, 0.2) is 16.7 Å². The molecular formula is C14H16BrN3O3S. The lowest BCUT2D eigenvalue weighted by atomic mass is 10.2. The van der Waals surface area contributed by atoms with Crippen LogP contribution in [0.15, 0.2) is 26.8 Å². The van der Waals surface area contributed by atoms with E-state index in [0.717, 1.165) is 10.0 Å². The number of amides is 1. The van der Waals surface area contributed by atoms with E-state index < -0.39 is 0 Å². The van der Waals surface area contributed by atoms with Gasteiger partial charge in [-0.2, -0.15) is 5.10 Å². The van der Waals surface area contributed by atoms with E-state index >= 15 is 0 Å². The first kappa shape index (κ1) is 16.8. The molecule has 118 valence electrons. The van der Waals surface area contributed by atoms with Crippen molar-refractivity contribution < 1.29 is 14.3 Å². The summed E-state index contributed by atoms with van der Waals surface area (Å²) >= 11 is 4.80. The maximum atomic E-state index is 11.1. The lowest BCUT2D eigenvalue weighted by molar-refractivity contribution is -0.116. The fourth-order valence-corrected chi connectivity index (χ4v) is 2.76. The molecular weight excluding hydrogens is 370 g/mol. The summed E-state index contributed by atoms with van der Waals surface area (Å²) in [5, 5.41) is 11.1. The Kier molecular flexibility index (Phi) is 6.26. The summed E-state index contributed by atoms with van der Waals surface area (Å²) in [5.74, 6) is 1.67. The van der Waals surface area contributed by atoms with Gasteiger partial charge in [0.2, 0.25) is 5.91 Å². The third-order valence-electron chi connectivity index (χ3n) is 2.59. The van der Waals surface area contributed by atoms with Crippen molar-refractivity contribution in [3.63, 3.8) is 0 Å². The van der Waals surface area contributed by atoms with Gasteiger partial charge in [-0.15, -0.1) is 5.10 Å². The Morgan fingerprint density at radius 2 is 2.00 bits per heavy atom. The highest BCUT2D eigenvalue weighted by molar-refractivity contribution is 9.10. The highest BCUT2D eigenvalue weighted by Crippen LogP contribution is 2.33. The molecule has 8 heteroatoms. The quantitative estimate of drug-likeness (QED) is 0.603. The first-order chi connectivity index (χ1) is 10.6. The number of nitrogens with one attached hydrogen (secondary N) is 1. The van der Waals surface area contributed by atoms with Crippen LogP contribution in [0.25, 0.3) is 0 Å². The smallest absolute Gasteiger partial charge is 0.236 e. The van der Waals surface area contributed by atoms with Crippen LogP contribution < -0.4 is 14.8 Å². The molecule has 1 saturated heterocycles. The summed E-state index contributed by atoms with van der Waals surface area (Å²) < 4.78 is 11.9. The van der Waals surface area contributed by atoms with Crippen molar-refractivity contribution in [2.45, 2.75) is 13.8 Å². The number of benzene rings is 1. The summed E-state index contributed by atoms with van der Waals surface area (Å²) in [5.41, 5.74) is 0.811. The van der Waals surface area contributed by atoms with Crippen LogP contribution in [0.2, 0.25) is 0 Å². The lowest BCUT2D eigenvalue weighted by Gasteiger charge is -2.12. The first-order valence-corrected chi connectivity index (χ1v) is 8.54. The molecule has 0 aliphatic carbocycles. The van der Waals surface area contributed by atoms with Crippen LogP contribution in [0.5, 0.6) is 11.5 Å². The summed E-state index contributed by atoms with van der Waals surface area (Å²) in [4.78, 5) is 11.1. The standard InChI is InChI=1S/C14H16BrN3O3S/c1-3-20-11-5-9(10(15)6-12(11)21-4-2)7-16-18-14-17-13(19)8-22-14/h5-7H,3-4,8H2,1-2H3,(H,17,18,19). The molecule has 2 rings (SSSR count). The number of nitrogens with zero attached hydrogens (tertiary/aromatic N) is 2. The van der Waals surface area contributed by atoms with Crippen LogP contribution in [-0.4, -0.2) is 36.3 Å². The summed E-state index contributed by atoms with van der Waals surface area (Å²) in [6.07, 6.45) is 1.60. The predicted molar refractivity (Wildman–Crippen MR) is 92.1 cm³/mol. The van der Waals surface area contributed by atoms with Crippen molar-refractivity contribution in [1.82, 2.24) is 5.32 Å². The highest BCUT2D eigenvalue weighted by Gasteiger charge is 2.16. The second-order valence-electron chi connectivity index (χ2n) is 4.17. The molecule has 22 heavy (non-hydrogen) atoms. The Balaban J connectivity index is 2.19. The van der Waals surface area contributed by atoms with E-state index in [0.29, 0.717) is 35.6 Å². The molecule has 6 nitrogen and oxygen atoms in total. The molecule has 1 N–H and O–H groups in total. The topological polar surface area (TPSA) is 72.3 Å². The number of hydrogen-bond acceptors (Lipinski definition) is 6. The lowest BCUT2D eigenvalue weighted by Crippen LogP contribution is -2.19. The largest absolute Gasteiger partial charge is 0.490 e. The van der Waals surface area contributed by atoms with E-state index in [9.17, 15) is 4.79 Å². The zero-order valence-corrected chi connectivity index (χ0v) is 14.7. The number of carbonyl (C=O) groups is 1. The molecule has 1 aromatic rings. The Morgan fingerprint density at radius 1 is 1.32 bits per heavy atom. The van der Waals surface area contributed by atoms with Crippen molar-refractivity contribution in [1.29, 1.82) is 0 Å². The van der Waals surface area contributed by atoms with Gasteiger partial charge in [0, 0.05) is 10.0 Å². The van der Waals surface area contributed by atoms with Crippen LogP contribution in [0, 0.1) is 0 Å². The van der Waals surface area contributed by atoms with E-state index in [-0.39, 0.29) is 5.91 Å². The molecule has 1 fully saturated rings. The second kappa shape index (κ2) is 8.19. The van der Waals surface area contributed by atoms with E-state index in [2.05, 4.69) is 31.4 Å². The average Bonchev–Trinajstić information content (AvgIpc) is 2.89. The minimum Gasteiger partial charge on any atom is -0.490 e. The summed E-state index contributed by atoms with van der Waals surface area (Å²) in [7, 11) is 0. The average molecular weight is 386 g/mol. The first-order valence-electron chi connectivity index (χ1n) is 6.76. The van der Waals surface area contributed by atoms with Crippen molar-refractivity contribution in [3.05, 3.63) is 22.2 Å². The van der Waals surface area contributed by atoms with Gasteiger partial charge in [-0.05, 0) is 41.9 Å². The zero-order chi connectivity index (χ0) is 15.9. The van der Waals surface area contributed by atoms with Gasteiger partial charge in [0.05, 0.1) is 25.2 Å². The molecule has 0 radical (unpaired) electrons. The van der Waals surface area contributed by atoms with Crippen LogP contribution >= 0.6 is 27.7 Å². The Hall–Kier alpha value is -1.54. The van der Waals surface area contributed by atoms with Crippen LogP contribution in [0.3, 0.4) is 0 Å². The number of rotatable bonds is 6. The summed E-state index contributed by atoms with van der Waals surface area (Å²) in [6, 6.07) is 3.68. The molecule has 1 aliphatic heterocycles. The minimum absolute atomic E-state index is 0.0557. The number of halogens is 1. The Morgan fingerprint density at radius 3 is 2.59 bits per heavy atom. The summed E-state index contributed by atoms with van der Waals surface area (Å²) in [6.45, 7) is 4.94. The maximum Gasteiger partial charge on any atom is 0.236 e. The van der Waals surface area contributed by atoms with Gasteiger partial charge < -0.3 is 14.8 Å². The number of thioether (sulfide) groups is 1. The predicted octanol–water partition coefficient (Wildman–Crippen LogP) is 2.80. The van der Waals surface area contributed by atoms with E-state index in [1.165, 1.54) is 11.8 Å². The zero-order valence-electron chi connectivity index (χ0n) is 12.3. The molecule has 0 unspecified atom stereocenters. The number of amidine groups is 1. The maximum absolute atomic E-state index is 11.1. The number of carbonyl (C=O) groups excluding carboxylic acids is 1. The number of hydrogen-bond donors (Lipinski definition) is 1. The SMILES string of the molecule is CCOc1cc(Br)c(C=NN=C2NC(=O)CS2)cc1OCC. The molecule has 0 spiro atoms. The van der Waals surface area contributed by atoms with Gasteiger partial charge in [-0.1, -0.05) is 11.8 Å². The van der Waals surface area contributed by atoms with Crippen molar-refractivity contribution in [2.24, 2.45) is 10.2 Å². The van der Waals surface area contributed by atoms with Crippen LogP contribution in [0.1, 0.15) is 19.4 Å². The molecule has 1 aromatic carbocycles. The van der Waals surface area contributed by atoms with Gasteiger partial charge >= 0.3 is 0 Å². The van der Waals surface area contributed by atoms with Crippen molar-refractivity contribution in [3.8, 4) is 11.5 Å². The fraction of sp³-hybridized carbons (Fsp3) is 0.357. The van der Waals surface area contributed by atoms with E-state index in [1.54, 1.807) is 6.21 Å². The van der Waals surface area contributed by atoms with E-state index in [1.807, 2.05) is 26.0 Å². The van der Waals surface area contributed by atoms with Gasteiger partial charge in [-0.3, -0.25) is 4.79 Å². The monoisotopic (exact) mass is 385 g/mol. The van der Waals surface area contributed by atoms with Gasteiger partial charge in [-0.25, -0.2) is 0 Å². The number of ether oxygens (including phenoxy) is 2. The van der Waals surface area contributed by atoms with Crippen LogP contribution in [-0.2, 0) is 4.79 Å². The third-order valence-corrected chi connectivity index (χ3v) is 4.14. The third kappa shape index (κ3) is 4.48. The van der Waals surface area contributed by atoms with E-state index in [4.69, 9.17) is 9.47 Å². The van der Waals surface area contributed by atoms with Gasteiger partial charge in [0.1, 0.15) is 0 Å². The molecule has 1 amide bonds. The minimum atomic E-state index is -0.0557. The van der Waals surface area contributed by atoms with Crippen LogP contribution in [0.4, 0.5) is 0 Å². The normalized spacial score (nSPS) is 16.3. The Bertz CT molecular complexity index is 620. The van der Waals surface area contributed by atoms with Crippen molar-refractivity contribution in [2.75, 3.05) is 19.0 Å². The van der Waals surface area contributed by atoms with Gasteiger partial charge in [0.25, 0.3) is 0 Å². The fourth-order valence-electron chi connectivity index (χ4n) is 1.71. The molecule has 1 heterocycles. The second-order valence-corrected chi connectivity index (χ2v) is 5.99. The highest BCUT2D eigenvalue weighted by atomic mass is 79.9. The molecule has 0 aromatic heterocycles.